The van der Waals surface area contributed by atoms with Gasteiger partial charge in [-0.25, -0.2) is 0 Å². The maximum absolute atomic E-state index is 12.2. The van der Waals surface area contributed by atoms with Crippen molar-refractivity contribution >= 4 is 11.7 Å². The number of primary amides is 1. The first-order valence-corrected chi connectivity index (χ1v) is 11.6. The van der Waals surface area contributed by atoms with Crippen LogP contribution in [0, 0.1) is 0 Å². The molecule has 3 aromatic rings. The van der Waals surface area contributed by atoms with Crippen LogP contribution in [0.25, 0.3) is 11.3 Å². The molecular formula is C26H34N4O2. The molecule has 1 heterocycles. The highest BCUT2D eigenvalue weighted by atomic mass is 16.5. The Morgan fingerprint density at radius 2 is 1.56 bits per heavy atom. The first-order chi connectivity index (χ1) is 15.6. The third-order valence-electron chi connectivity index (χ3n) is 5.54. The Labute approximate surface area is 190 Å². The monoisotopic (exact) mass is 434 g/mol. The number of carbonyl (C=O) groups is 1. The van der Waals surface area contributed by atoms with Gasteiger partial charge in [0.15, 0.2) is 5.82 Å². The van der Waals surface area contributed by atoms with Crippen molar-refractivity contribution in [3.05, 3.63) is 60.2 Å². The number of ether oxygens (including phenoxy) is 1. The average molecular weight is 435 g/mol. The number of para-hydroxylation sites is 1. The molecule has 170 valence electrons. The minimum atomic E-state index is -0.575. The Balaban J connectivity index is 1.74. The molecule has 3 rings (SSSR count). The zero-order valence-electron chi connectivity index (χ0n) is 18.9. The highest BCUT2D eigenvalue weighted by molar-refractivity contribution is 6.03. The lowest BCUT2D eigenvalue weighted by atomic mass is 10.1. The first-order valence-electron chi connectivity index (χ1n) is 11.6. The van der Waals surface area contributed by atoms with E-state index in [1.807, 2.05) is 59.3 Å². The minimum Gasteiger partial charge on any atom is -0.457 e. The summed E-state index contributed by atoms with van der Waals surface area (Å²) >= 11 is 0. The number of unbranched alkanes of at least 4 members (excludes halogenated alkanes) is 7. The van der Waals surface area contributed by atoms with Crippen molar-refractivity contribution in [2.45, 2.75) is 64.8 Å². The lowest BCUT2D eigenvalue weighted by Crippen LogP contribution is -2.14. The summed E-state index contributed by atoms with van der Waals surface area (Å²) in [6.45, 7) is 2.92. The van der Waals surface area contributed by atoms with Crippen LogP contribution in [0.1, 0.15) is 68.6 Å². The van der Waals surface area contributed by atoms with E-state index in [9.17, 15) is 4.79 Å². The summed E-state index contributed by atoms with van der Waals surface area (Å²) in [6, 6.07) is 17.2. The Hall–Kier alpha value is -3.28. The molecule has 2 aromatic carbocycles. The second kappa shape index (κ2) is 11.9. The van der Waals surface area contributed by atoms with Crippen molar-refractivity contribution in [3.8, 4) is 22.8 Å². The molecule has 0 saturated carbocycles. The molecule has 0 aliphatic carbocycles. The maximum Gasteiger partial charge on any atom is 0.254 e. The molecule has 6 nitrogen and oxygen atoms in total. The Bertz CT molecular complexity index is 998. The third kappa shape index (κ3) is 6.36. The van der Waals surface area contributed by atoms with Crippen LogP contribution in [0.5, 0.6) is 11.5 Å². The van der Waals surface area contributed by atoms with Gasteiger partial charge in [-0.2, -0.15) is 5.10 Å². The molecule has 1 aromatic heterocycles. The summed E-state index contributed by atoms with van der Waals surface area (Å²) in [7, 11) is 0. The van der Waals surface area contributed by atoms with Crippen molar-refractivity contribution in [1.82, 2.24) is 9.78 Å². The number of benzene rings is 2. The van der Waals surface area contributed by atoms with Gasteiger partial charge in [-0.1, -0.05) is 82.2 Å². The average Bonchev–Trinajstić information content (AvgIpc) is 3.12. The lowest BCUT2D eigenvalue weighted by molar-refractivity contribution is 0.100. The topological polar surface area (TPSA) is 96.2 Å². The van der Waals surface area contributed by atoms with Gasteiger partial charge in [0.05, 0.1) is 5.69 Å². The van der Waals surface area contributed by atoms with Crippen LogP contribution in [-0.4, -0.2) is 15.7 Å². The van der Waals surface area contributed by atoms with Gasteiger partial charge >= 0.3 is 0 Å². The predicted molar refractivity (Wildman–Crippen MR) is 130 cm³/mol. The quantitative estimate of drug-likeness (QED) is 0.315. The second-order valence-corrected chi connectivity index (χ2v) is 8.11. The van der Waals surface area contributed by atoms with E-state index in [4.69, 9.17) is 16.2 Å². The van der Waals surface area contributed by atoms with Crippen molar-refractivity contribution in [3.63, 3.8) is 0 Å². The zero-order valence-corrected chi connectivity index (χ0v) is 18.9. The van der Waals surface area contributed by atoms with Crippen LogP contribution >= 0.6 is 0 Å². The van der Waals surface area contributed by atoms with Crippen LogP contribution in [0.3, 0.4) is 0 Å². The van der Waals surface area contributed by atoms with E-state index >= 15 is 0 Å². The molecule has 0 unspecified atom stereocenters. The van der Waals surface area contributed by atoms with Crippen LogP contribution in [0.2, 0.25) is 0 Å². The van der Waals surface area contributed by atoms with Crippen molar-refractivity contribution < 1.29 is 9.53 Å². The van der Waals surface area contributed by atoms with Crippen LogP contribution < -0.4 is 16.2 Å². The summed E-state index contributed by atoms with van der Waals surface area (Å²) in [5.74, 6) is 1.00. The molecule has 0 aliphatic rings. The Morgan fingerprint density at radius 1 is 0.906 bits per heavy atom. The van der Waals surface area contributed by atoms with Crippen molar-refractivity contribution in [1.29, 1.82) is 0 Å². The Kier molecular flexibility index (Phi) is 8.72. The minimum absolute atomic E-state index is 0.168. The summed E-state index contributed by atoms with van der Waals surface area (Å²) in [5.41, 5.74) is 13.5. The number of aromatic nitrogens is 2. The van der Waals surface area contributed by atoms with Gasteiger partial charge in [-0.05, 0) is 30.7 Å². The molecule has 0 saturated heterocycles. The van der Waals surface area contributed by atoms with E-state index in [1.54, 1.807) is 0 Å². The number of hydrogen-bond acceptors (Lipinski definition) is 4. The summed E-state index contributed by atoms with van der Waals surface area (Å²) in [5, 5.41) is 4.43. The predicted octanol–water partition coefficient (Wildman–Crippen LogP) is 6.16. The fourth-order valence-electron chi connectivity index (χ4n) is 3.91. The molecule has 0 spiro atoms. The molecule has 0 fully saturated rings. The van der Waals surface area contributed by atoms with Crippen LogP contribution in [0.4, 0.5) is 5.82 Å². The molecule has 32 heavy (non-hydrogen) atoms. The van der Waals surface area contributed by atoms with E-state index < -0.39 is 5.91 Å². The van der Waals surface area contributed by atoms with E-state index in [0.717, 1.165) is 24.2 Å². The largest absolute Gasteiger partial charge is 0.457 e. The van der Waals surface area contributed by atoms with Gasteiger partial charge in [0.25, 0.3) is 5.91 Å². The van der Waals surface area contributed by atoms with Crippen molar-refractivity contribution in [2.75, 3.05) is 5.73 Å². The number of aryl methyl sites for hydroxylation is 1. The van der Waals surface area contributed by atoms with Gasteiger partial charge in [0.1, 0.15) is 17.1 Å². The zero-order chi connectivity index (χ0) is 22.8. The number of hydrogen-bond donors (Lipinski definition) is 2. The molecule has 4 N–H and O–H groups in total. The normalized spacial score (nSPS) is 10.9. The van der Waals surface area contributed by atoms with Crippen LogP contribution in [0.15, 0.2) is 54.6 Å². The van der Waals surface area contributed by atoms with E-state index in [0.29, 0.717) is 18.0 Å². The number of carbonyl (C=O) groups excluding carboxylic acids is 1. The summed E-state index contributed by atoms with van der Waals surface area (Å²) in [4.78, 5) is 12.2. The molecule has 1 amide bonds. The van der Waals surface area contributed by atoms with E-state index in [2.05, 4.69) is 12.0 Å². The number of nitrogens with zero attached hydrogens (tertiary/aromatic N) is 2. The number of anilines is 1. The van der Waals surface area contributed by atoms with Crippen LogP contribution in [-0.2, 0) is 6.54 Å². The number of nitrogens with two attached hydrogens (primary N) is 2. The molecule has 0 bridgehead atoms. The second-order valence-electron chi connectivity index (χ2n) is 8.11. The molecular weight excluding hydrogens is 400 g/mol. The fourth-order valence-corrected chi connectivity index (χ4v) is 3.91. The third-order valence-corrected chi connectivity index (χ3v) is 5.54. The van der Waals surface area contributed by atoms with Gasteiger partial charge in [0.2, 0.25) is 0 Å². The standard InChI is InChI=1S/C26H34N4O2/c1-2-3-4-5-6-7-8-12-18-30-24(23(26(28)31)25(27)29-30)20-14-13-17-22(19-20)32-21-15-10-9-11-16-21/h9-11,13-17,19H,2-8,12,18H2,1H3,(H2,27,29)(H2,28,31). The van der Waals surface area contributed by atoms with E-state index in [1.165, 1.54) is 38.5 Å². The highest BCUT2D eigenvalue weighted by Crippen LogP contribution is 2.32. The van der Waals surface area contributed by atoms with Gasteiger partial charge in [-0.3, -0.25) is 9.48 Å². The lowest BCUT2D eigenvalue weighted by Gasteiger charge is -2.11. The summed E-state index contributed by atoms with van der Waals surface area (Å²) < 4.78 is 7.78. The van der Waals surface area contributed by atoms with Crippen molar-refractivity contribution in [2.24, 2.45) is 5.73 Å². The fraction of sp³-hybridized carbons (Fsp3) is 0.385. The van der Waals surface area contributed by atoms with Gasteiger partial charge in [0, 0.05) is 12.1 Å². The highest BCUT2D eigenvalue weighted by Gasteiger charge is 2.22. The molecule has 0 radical (unpaired) electrons. The molecule has 0 aliphatic heterocycles. The summed E-state index contributed by atoms with van der Waals surface area (Å²) in [6.07, 6.45) is 9.77. The Morgan fingerprint density at radius 3 is 2.25 bits per heavy atom. The maximum atomic E-state index is 12.2. The van der Waals surface area contributed by atoms with E-state index in [-0.39, 0.29) is 11.4 Å². The van der Waals surface area contributed by atoms with Gasteiger partial charge in [-0.15, -0.1) is 0 Å². The number of rotatable bonds is 13. The SMILES string of the molecule is CCCCCCCCCCn1nc(N)c(C(N)=O)c1-c1cccc(Oc2ccccc2)c1. The number of nitrogen functional groups attached to an aromatic ring is 1. The number of amides is 1. The molecule has 0 atom stereocenters. The van der Waals surface area contributed by atoms with Gasteiger partial charge < -0.3 is 16.2 Å². The first kappa shape index (κ1) is 23.4. The smallest absolute Gasteiger partial charge is 0.254 e. The molecule has 6 heteroatoms.